The van der Waals surface area contributed by atoms with Gasteiger partial charge in [0.2, 0.25) is 0 Å². The van der Waals surface area contributed by atoms with Crippen LogP contribution in [0.1, 0.15) is 18.5 Å². The molecule has 0 aliphatic heterocycles. The van der Waals surface area contributed by atoms with Crippen molar-refractivity contribution in [1.29, 1.82) is 0 Å². The molecule has 17 heavy (non-hydrogen) atoms. The molecular weight excluding hydrogens is 256 g/mol. The first-order chi connectivity index (χ1) is 8.13. The molecule has 3 nitrogen and oxygen atoms in total. The number of thiocarbonyl (C=S) groups is 1. The second-order valence-corrected chi connectivity index (χ2v) is 4.51. The van der Waals surface area contributed by atoms with E-state index in [1.807, 2.05) is 31.2 Å². The zero-order valence-electron chi connectivity index (χ0n) is 10.00. The summed E-state index contributed by atoms with van der Waals surface area (Å²) in [4.78, 5) is 0. The van der Waals surface area contributed by atoms with Crippen LogP contribution in [0.15, 0.2) is 24.3 Å². The predicted octanol–water partition coefficient (Wildman–Crippen LogP) is 2.51. The Bertz CT molecular complexity index is 356. The summed E-state index contributed by atoms with van der Waals surface area (Å²) < 4.78 is 4.93. The van der Waals surface area contributed by atoms with Crippen molar-refractivity contribution in [3.8, 4) is 0 Å². The molecule has 5 heteroatoms. The van der Waals surface area contributed by atoms with Gasteiger partial charge >= 0.3 is 0 Å². The van der Waals surface area contributed by atoms with E-state index in [2.05, 4.69) is 10.6 Å². The Hall–Kier alpha value is -0.840. The van der Waals surface area contributed by atoms with Crippen molar-refractivity contribution in [1.82, 2.24) is 10.6 Å². The molecule has 0 saturated heterocycles. The van der Waals surface area contributed by atoms with Gasteiger partial charge in [-0.05, 0) is 36.8 Å². The van der Waals surface area contributed by atoms with Crippen LogP contribution in [0.5, 0.6) is 0 Å². The van der Waals surface area contributed by atoms with Crippen LogP contribution in [0.25, 0.3) is 0 Å². The fourth-order valence-electron chi connectivity index (χ4n) is 1.35. The van der Waals surface area contributed by atoms with E-state index in [0.717, 1.165) is 10.6 Å². The average Bonchev–Trinajstić information content (AvgIpc) is 2.30. The Labute approximate surface area is 112 Å². The fourth-order valence-corrected chi connectivity index (χ4v) is 1.75. The number of ether oxygens (including phenoxy) is 1. The molecule has 94 valence electrons. The van der Waals surface area contributed by atoms with Gasteiger partial charge in [-0.3, -0.25) is 0 Å². The Morgan fingerprint density at radius 3 is 2.65 bits per heavy atom. The SMILES string of the molecule is COCCNC(=S)NC(C)c1ccc(Cl)cc1. The van der Waals surface area contributed by atoms with Gasteiger partial charge in [0.1, 0.15) is 0 Å². The molecule has 0 saturated carbocycles. The largest absolute Gasteiger partial charge is 0.383 e. The van der Waals surface area contributed by atoms with Crippen LogP contribution in [-0.2, 0) is 4.74 Å². The molecule has 1 rings (SSSR count). The first-order valence-electron chi connectivity index (χ1n) is 5.42. The van der Waals surface area contributed by atoms with Gasteiger partial charge in [0.25, 0.3) is 0 Å². The number of halogens is 1. The quantitative estimate of drug-likeness (QED) is 0.637. The van der Waals surface area contributed by atoms with Gasteiger partial charge in [0.05, 0.1) is 12.6 Å². The maximum atomic E-state index is 5.83. The number of nitrogens with one attached hydrogen (secondary N) is 2. The molecule has 2 N–H and O–H groups in total. The lowest BCUT2D eigenvalue weighted by molar-refractivity contribution is 0.204. The molecule has 1 aromatic rings. The number of hydrogen-bond acceptors (Lipinski definition) is 2. The molecule has 0 aliphatic carbocycles. The maximum Gasteiger partial charge on any atom is 0.166 e. The van der Waals surface area contributed by atoms with E-state index < -0.39 is 0 Å². The topological polar surface area (TPSA) is 33.3 Å². The average molecular weight is 273 g/mol. The van der Waals surface area contributed by atoms with E-state index in [-0.39, 0.29) is 6.04 Å². The van der Waals surface area contributed by atoms with E-state index in [1.165, 1.54) is 0 Å². The molecule has 1 unspecified atom stereocenters. The highest BCUT2D eigenvalue weighted by Gasteiger charge is 2.06. The highest BCUT2D eigenvalue weighted by Crippen LogP contribution is 2.15. The van der Waals surface area contributed by atoms with Gasteiger partial charge in [-0.2, -0.15) is 0 Å². The molecule has 0 spiro atoms. The third-order valence-corrected chi connectivity index (χ3v) is 2.82. The monoisotopic (exact) mass is 272 g/mol. The van der Waals surface area contributed by atoms with Gasteiger partial charge in [-0.1, -0.05) is 23.7 Å². The maximum absolute atomic E-state index is 5.83. The molecule has 0 aliphatic rings. The van der Waals surface area contributed by atoms with Crippen molar-refractivity contribution in [2.75, 3.05) is 20.3 Å². The number of rotatable bonds is 5. The lowest BCUT2D eigenvalue weighted by atomic mass is 10.1. The van der Waals surface area contributed by atoms with Crippen molar-refractivity contribution in [3.05, 3.63) is 34.9 Å². The normalized spacial score (nSPS) is 11.9. The summed E-state index contributed by atoms with van der Waals surface area (Å²) in [6, 6.07) is 7.86. The summed E-state index contributed by atoms with van der Waals surface area (Å²) >= 11 is 11.0. The second kappa shape index (κ2) is 7.48. The summed E-state index contributed by atoms with van der Waals surface area (Å²) in [6.07, 6.45) is 0. The standard InChI is InChI=1S/C12H17ClN2OS/c1-9(10-3-5-11(13)6-4-10)15-12(17)14-7-8-16-2/h3-6,9H,7-8H2,1-2H3,(H2,14,15,17). The van der Waals surface area contributed by atoms with Gasteiger partial charge < -0.3 is 15.4 Å². The first kappa shape index (κ1) is 14.2. The third-order valence-electron chi connectivity index (χ3n) is 2.31. The minimum atomic E-state index is 0.148. The zero-order valence-corrected chi connectivity index (χ0v) is 11.6. The van der Waals surface area contributed by atoms with Crippen LogP contribution in [0.2, 0.25) is 5.02 Å². The number of benzene rings is 1. The van der Waals surface area contributed by atoms with Crippen molar-refractivity contribution in [3.63, 3.8) is 0 Å². The lowest BCUT2D eigenvalue weighted by Gasteiger charge is -2.17. The predicted molar refractivity (Wildman–Crippen MR) is 75.5 cm³/mol. The summed E-state index contributed by atoms with van der Waals surface area (Å²) in [5.74, 6) is 0. The molecule has 0 aromatic heterocycles. The van der Waals surface area contributed by atoms with E-state index in [1.54, 1.807) is 7.11 Å². The number of methoxy groups -OCH3 is 1. The summed E-state index contributed by atoms with van der Waals surface area (Å²) in [6.45, 7) is 3.39. The molecule has 0 bridgehead atoms. The minimum absolute atomic E-state index is 0.148. The van der Waals surface area contributed by atoms with Crippen molar-refractivity contribution < 1.29 is 4.74 Å². The first-order valence-corrected chi connectivity index (χ1v) is 6.21. The molecule has 0 radical (unpaired) electrons. The Kier molecular flexibility index (Phi) is 6.26. The zero-order chi connectivity index (χ0) is 12.7. The van der Waals surface area contributed by atoms with E-state index in [4.69, 9.17) is 28.6 Å². The summed E-state index contributed by atoms with van der Waals surface area (Å²) in [5.41, 5.74) is 1.14. The van der Waals surface area contributed by atoms with Crippen molar-refractivity contribution in [2.45, 2.75) is 13.0 Å². The summed E-state index contributed by atoms with van der Waals surface area (Å²) in [5, 5.41) is 7.63. The fraction of sp³-hybridized carbons (Fsp3) is 0.417. The number of hydrogen-bond donors (Lipinski definition) is 2. The van der Waals surface area contributed by atoms with Gasteiger partial charge in [0, 0.05) is 18.7 Å². The van der Waals surface area contributed by atoms with E-state index >= 15 is 0 Å². The minimum Gasteiger partial charge on any atom is -0.383 e. The van der Waals surface area contributed by atoms with Crippen molar-refractivity contribution in [2.24, 2.45) is 0 Å². The highest BCUT2D eigenvalue weighted by atomic mass is 35.5. The summed E-state index contributed by atoms with van der Waals surface area (Å²) in [7, 11) is 1.66. The highest BCUT2D eigenvalue weighted by molar-refractivity contribution is 7.80. The van der Waals surface area contributed by atoms with E-state index in [0.29, 0.717) is 18.3 Å². The van der Waals surface area contributed by atoms with Gasteiger partial charge in [-0.15, -0.1) is 0 Å². The Morgan fingerprint density at radius 2 is 2.06 bits per heavy atom. The smallest absolute Gasteiger partial charge is 0.166 e. The molecular formula is C12H17ClN2OS. The van der Waals surface area contributed by atoms with Crippen molar-refractivity contribution >= 4 is 28.9 Å². The van der Waals surface area contributed by atoms with Crippen LogP contribution in [-0.4, -0.2) is 25.4 Å². The lowest BCUT2D eigenvalue weighted by Crippen LogP contribution is -2.38. The Balaban J connectivity index is 2.40. The molecule has 0 amide bonds. The molecule has 0 heterocycles. The third kappa shape index (κ3) is 5.35. The van der Waals surface area contributed by atoms with E-state index in [9.17, 15) is 0 Å². The molecule has 1 aromatic carbocycles. The molecule has 1 atom stereocenters. The van der Waals surface area contributed by atoms with Crippen LogP contribution < -0.4 is 10.6 Å². The second-order valence-electron chi connectivity index (χ2n) is 3.67. The van der Waals surface area contributed by atoms with Crippen LogP contribution in [0.3, 0.4) is 0 Å². The van der Waals surface area contributed by atoms with Crippen LogP contribution in [0.4, 0.5) is 0 Å². The molecule has 0 fully saturated rings. The van der Waals surface area contributed by atoms with Gasteiger partial charge in [0.15, 0.2) is 5.11 Å². The van der Waals surface area contributed by atoms with Crippen LogP contribution >= 0.6 is 23.8 Å². The van der Waals surface area contributed by atoms with Gasteiger partial charge in [-0.25, -0.2) is 0 Å². The Morgan fingerprint density at radius 1 is 1.41 bits per heavy atom. The van der Waals surface area contributed by atoms with Crippen LogP contribution in [0, 0.1) is 0 Å².